The fourth-order valence-corrected chi connectivity index (χ4v) is 2.30. The van der Waals surface area contributed by atoms with Crippen LogP contribution in [0, 0.1) is 5.92 Å². The van der Waals surface area contributed by atoms with E-state index in [2.05, 4.69) is 29.9 Å². The molecular weight excluding hydrogens is 183 g/mol. The molecule has 0 aromatic carbocycles. The maximum Gasteiger partial charge on any atom is 0.174 e. The zero-order chi connectivity index (χ0) is 9.10. The van der Waals surface area contributed by atoms with Gasteiger partial charge in [0, 0.05) is 6.42 Å². The van der Waals surface area contributed by atoms with Crippen LogP contribution in [0.5, 0.6) is 0 Å². The number of rotatable bonds is 2. The molecule has 72 valence electrons. The Balaban J connectivity index is 1.83. The highest BCUT2D eigenvalue weighted by Gasteiger charge is 2.19. The minimum Gasteiger partial charge on any atom is -0.177 e. The third kappa shape index (κ3) is 2.47. The molecule has 1 aromatic rings. The third-order valence-electron chi connectivity index (χ3n) is 2.75. The van der Waals surface area contributed by atoms with E-state index in [1.165, 1.54) is 25.7 Å². The van der Waals surface area contributed by atoms with E-state index in [9.17, 15) is 0 Å². The second-order valence-electron chi connectivity index (χ2n) is 3.81. The van der Waals surface area contributed by atoms with Gasteiger partial charge in [-0.1, -0.05) is 5.21 Å². The average Bonchev–Trinajstić information content (AvgIpc) is 2.62. The number of hydrogen-bond donors (Lipinski definition) is 1. The summed E-state index contributed by atoms with van der Waals surface area (Å²) in [4.78, 5) is 0. The summed E-state index contributed by atoms with van der Waals surface area (Å²) in [6.45, 7) is 0. The van der Waals surface area contributed by atoms with Gasteiger partial charge in [0.25, 0.3) is 0 Å². The summed E-state index contributed by atoms with van der Waals surface area (Å²) in [6.07, 6.45) is 6.26. The minimum absolute atomic E-state index is 0.773. The molecule has 1 unspecified atom stereocenters. The quantitative estimate of drug-likeness (QED) is 0.726. The summed E-state index contributed by atoms with van der Waals surface area (Å²) in [5.74, 6) is 1.64. The molecule has 1 fully saturated rings. The lowest BCUT2D eigenvalue weighted by atomic mass is 9.86. The van der Waals surface area contributed by atoms with Gasteiger partial charge in [-0.15, -0.1) is 19.4 Å². The predicted octanol–water partition coefficient (Wildman–Crippen LogP) is 1.18. The summed E-state index contributed by atoms with van der Waals surface area (Å²) in [7, 11) is 2.92. The Morgan fingerprint density at radius 3 is 2.69 bits per heavy atom. The van der Waals surface area contributed by atoms with Crippen LogP contribution >= 0.6 is 9.24 Å². The van der Waals surface area contributed by atoms with Crippen LogP contribution in [0.3, 0.4) is 0 Å². The number of tetrazole rings is 1. The van der Waals surface area contributed by atoms with Crippen LogP contribution in [0.2, 0.25) is 0 Å². The van der Waals surface area contributed by atoms with Crippen molar-refractivity contribution in [2.45, 2.75) is 37.8 Å². The van der Waals surface area contributed by atoms with E-state index in [0.717, 1.165) is 23.8 Å². The van der Waals surface area contributed by atoms with Crippen LogP contribution in [0.15, 0.2) is 0 Å². The van der Waals surface area contributed by atoms with Gasteiger partial charge in [0.2, 0.25) is 0 Å². The van der Waals surface area contributed by atoms with E-state index in [1.807, 2.05) is 0 Å². The molecule has 1 aliphatic carbocycles. The number of nitrogens with one attached hydrogen (secondary N) is 1. The van der Waals surface area contributed by atoms with Crippen LogP contribution < -0.4 is 0 Å². The first-order chi connectivity index (χ1) is 6.34. The van der Waals surface area contributed by atoms with E-state index in [4.69, 9.17) is 0 Å². The van der Waals surface area contributed by atoms with E-state index in [1.54, 1.807) is 0 Å². The van der Waals surface area contributed by atoms with Crippen molar-refractivity contribution in [1.29, 1.82) is 0 Å². The number of aromatic nitrogens is 4. The lowest BCUT2D eigenvalue weighted by Crippen LogP contribution is -2.16. The van der Waals surface area contributed by atoms with Gasteiger partial charge in [-0.05, 0) is 37.3 Å². The first kappa shape index (κ1) is 9.07. The molecule has 0 spiro atoms. The van der Waals surface area contributed by atoms with Crippen molar-refractivity contribution in [3.63, 3.8) is 0 Å². The number of H-pyrrole nitrogens is 1. The molecule has 5 heteroatoms. The fraction of sp³-hybridized carbons (Fsp3) is 0.875. The Hall–Kier alpha value is -0.500. The van der Waals surface area contributed by atoms with Crippen LogP contribution in [0.25, 0.3) is 0 Å². The Kier molecular flexibility index (Phi) is 2.89. The van der Waals surface area contributed by atoms with Gasteiger partial charge >= 0.3 is 0 Å². The first-order valence-electron chi connectivity index (χ1n) is 4.82. The molecule has 0 bridgehead atoms. The molecule has 1 aromatic heterocycles. The largest absolute Gasteiger partial charge is 0.177 e. The fourth-order valence-electron chi connectivity index (χ4n) is 1.92. The summed E-state index contributed by atoms with van der Waals surface area (Å²) >= 11 is 0. The van der Waals surface area contributed by atoms with E-state index in [0.29, 0.717) is 0 Å². The normalized spacial score (nSPS) is 29.0. The molecule has 2 rings (SSSR count). The monoisotopic (exact) mass is 198 g/mol. The van der Waals surface area contributed by atoms with Crippen LogP contribution in [0.4, 0.5) is 0 Å². The number of hydrogen-bond acceptors (Lipinski definition) is 3. The molecule has 13 heavy (non-hydrogen) atoms. The molecule has 0 amide bonds. The van der Waals surface area contributed by atoms with Crippen molar-refractivity contribution in [2.75, 3.05) is 0 Å². The molecule has 1 N–H and O–H groups in total. The average molecular weight is 198 g/mol. The van der Waals surface area contributed by atoms with Gasteiger partial charge in [-0.25, -0.2) is 0 Å². The Labute approximate surface area is 80.1 Å². The van der Waals surface area contributed by atoms with Crippen LogP contribution in [-0.2, 0) is 6.42 Å². The molecule has 1 heterocycles. The molecular formula is C8H15N4P. The highest BCUT2D eigenvalue weighted by atomic mass is 31.0. The van der Waals surface area contributed by atoms with Crippen LogP contribution in [-0.4, -0.2) is 26.3 Å². The van der Waals surface area contributed by atoms with Crippen molar-refractivity contribution in [1.82, 2.24) is 20.6 Å². The van der Waals surface area contributed by atoms with Crippen molar-refractivity contribution >= 4 is 9.24 Å². The smallest absolute Gasteiger partial charge is 0.174 e. The zero-order valence-corrected chi connectivity index (χ0v) is 8.76. The van der Waals surface area contributed by atoms with Gasteiger partial charge in [0.1, 0.15) is 0 Å². The van der Waals surface area contributed by atoms with Gasteiger partial charge < -0.3 is 0 Å². The lowest BCUT2D eigenvalue weighted by Gasteiger charge is -2.24. The van der Waals surface area contributed by atoms with Gasteiger partial charge in [0.05, 0.1) is 0 Å². The van der Waals surface area contributed by atoms with Crippen molar-refractivity contribution < 1.29 is 0 Å². The van der Waals surface area contributed by atoms with E-state index in [-0.39, 0.29) is 0 Å². The van der Waals surface area contributed by atoms with Crippen LogP contribution in [0.1, 0.15) is 31.5 Å². The summed E-state index contributed by atoms with van der Waals surface area (Å²) in [6, 6.07) is 0. The van der Waals surface area contributed by atoms with Crippen molar-refractivity contribution in [3.05, 3.63) is 5.82 Å². The Bertz CT molecular complexity index is 241. The Morgan fingerprint density at radius 2 is 2.08 bits per heavy atom. The minimum atomic E-state index is 0.773. The van der Waals surface area contributed by atoms with Crippen molar-refractivity contribution in [3.8, 4) is 0 Å². The third-order valence-corrected chi connectivity index (χ3v) is 3.42. The second kappa shape index (κ2) is 4.14. The highest BCUT2D eigenvalue weighted by molar-refractivity contribution is 7.17. The van der Waals surface area contributed by atoms with E-state index < -0.39 is 0 Å². The lowest BCUT2D eigenvalue weighted by molar-refractivity contribution is 0.358. The van der Waals surface area contributed by atoms with Gasteiger partial charge in [-0.3, -0.25) is 0 Å². The first-order valence-corrected chi connectivity index (χ1v) is 5.49. The number of nitrogens with zero attached hydrogens (tertiary/aromatic N) is 3. The van der Waals surface area contributed by atoms with Gasteiger partial charge in [0.15, 0.2) is 5.82 Å². The summed E-state index contributed by atoms with van der Waals surface area (Å²) in [5.41, 5.74) is 0.835. The Morgan fingerprint density at radius 1 is 1.31 bits per heavy atom. The molecule has 1 saturated carbocycles. The highest BCUT2D eigenvalue weighted by Crippen LogP contribution is 2.30. The maximum atomic E-state index is 3.98. The topological polar surface area (TPSA) is 54.5 Å². The van der Waals surface area contributed by atoms with Crippen molar-refractivity contribution in [2.24, 2.45) is 5.92 Å². The molecule has 0 saturated heterocycles. The van der Waals surface area contributed by atoms with E-state index >= 15 is 0 Å². The maximum absolute atomic E-state index is 3.98. The molecule has 0 radical (unpaired) electrons. The number of aromatic amines is 1. The molecule has 1 atom stereocenters. The molecule has 1 aliphatic rings. The SMILES string of the molecule is PC1CCC(Cc2nn[nH]n2)CC1. The molecule has 4 nitrogen and oxygen atoms in total. The summed E-state index contributed by atoms with van der Waals surface area (Å²) in [5, 5.41) is 14.0. The summed E-state index contributed by atoms with van der Waals surface area (Å²) < 4.78 is 0. The van der Waals surface area contributed by atoms with Gasteiger partial charge in [-0.2, -0.15) is 5.21 Å². The standard InChI is InChI=1S/C8H15N4P/c13-7-3-1-6(2-4-7)5-8-9-11-12-10-8/h6-7H,1-5,13H2,(H,9,10,11,12). The predicted molar refractivity (Wildman–Crippen MR) is 53.3 cm³/mol. The zero-order valence-electron chi connectivity index (χ0n) is 7.61. The second-order valence-corrected chi connectivity index (χ2v) is 4.76. The molecule has 0 aliphatic heterocycles.